The molecular formula is C17H28N6OS2+2. The lowest BCUT2D eigenvalue weighted by molar-refractivity contribution is -1.02. The topological polar surface area (TPSA) is 71.6 Å². The second-order valence-corrected chi connectivity index (χ2v) is 9.21. The van der Waals surface area contributed by atoms with E-state index in [1.165, 1.54) is 9.80 Å². The van der Waals surface area contributed by atoms with Crippen molar-refractivity contribution in [2.75, 3.05) is 32.7 Å². The van der Waals surface area contributed by atoms with Gasteiger partial charge in [0.2, 0.25) is 4.77 Å². The highest BCUT2D eigenvalue weighted by Crippen LogP contribution is 2.20. The van der Waals surface area contributed by atoms with E-state index in [1.807, 2.05) is 43.0 Å². The molecule has 0 saturated carbocycles. The maximum atomic E-state index is 12.1. The van der Waals surface area contributed by atoms with Crippen LogP contribution < -0.4 is 15.1 Å². The lowest BCUT2D eigenvalue weighted by Gasteiger charge is -2.30. The van der Waals surface area contributed by atoms with Crippen molar-refractivity contribution in [2.24, 2.45) is 0 Å². The highest BCUT2D eigenvalue weighted by molar-refractivity contribution is 7.71. The van der Waals surface area contributed by atoms with Gasteiger partial charge < -0.3 is 15.1 Å². The average Bonchev–Trinajstić information content (AvgIpc) is 3.18. The van der Waals surface area contributed by atoms with Crippen molar-refractivity contribution in [1.82, 2.24) is 20.1 Å². The van der Waals surface area contributed by atoms with E-state index in [0.29, 0.717) is 11.3 Å². The summed E-state index contributed by atoms with van der Waals surface area (Å²) >= 11 is 7.05. The zero-order valence-electron chi connectivity index (χ0n) is 15.6. The number of piperazine rings is 1. The van der Waals surface area contributed by atoms with Gasteiger partial charge in [0.1, 0.15) is 26.2 Å². The van der Waals surface area contributed by atoms with Crippen LogP contribution in [0.5, 0.6) is 0 Å². The number of quaternary nitrogens is 2. The van der Waals surface area contributed by atoms with Gasteiger partial charge in [-0.1, -0.05) is 6.07 Å². The van der Waals surface area contributed by atoms with Gasteiger partial charge in [-0.25, -0.2) is 4.68 Å². The Morgan fingerprint density at radius 2 is 2.04 bits per heavy atom. The summed E-state index contributed by atoms with van der Waals surface area (Å²) in [6.45, 7) is 11.4. The van der Waals surface area contributed by atoms with Gasteiger partial charge in [0.25, 0.3) is 5.91 Å². The van der Waals surface area contributed by atoms with Crippen molar-refractivity contribution in [1.29, 1.82) is 0 Å². The van der Waals surface area contributed by atoms with Crippen LogP contribution in [-0.4, -0.2) is 58.9 Å². The number of nitrogens with one attached hydrogen (secondary N) is 4. The molecule has 0 aromatic carbocycles. The number of H-pyrrole nitrogens is 1. The molecule has 9 heteroatoms. The monoisotopic (exact) mass is 396 g/mol. The third-order valence-corrected chi connectivity index (χ3v) is 5.59. The second kappa shape index (κ2) is 7.99. The smallest absolute Gasteiger partial charge is 0.275 e. The Hall–Kier alpha value is -1.55. The second-order valence-electron chi connectivity index (χ2n) is 7.89. The van der Waals surface area contributed by atoms with E-state index >= 15 is 0 Å². The van der Waals surface area contributed by atoms with Crippen molar-refractivity contribution in [3.05, 3.63) is 22.3 Å². The maximum absolute atomic E-state index is 12.1. The first-order valence-corrected chi connectivity index (χ1v) is 10.3. The van der Waals surface area contributed by atoms with Crippen molar-refractivity contribution >= 4 is 29.5 Å². The van der Waals surface area contributed by atoms with E-state index in [4.69, 9.17) is 12.2 Å². The molecule has 3 heterocycles. The lowest BCUT2D eigenvalue weighted by Crippen LogP contribution is -3.28. The van der Waals surface area contributed by atoms with Crippen LogP contribution in [0.2, 0.25) is 0 Å². The van der Waals surface area contributed by atoms with Crippen molar-refractivity contribution in [2.45, 2.75) is 33.0 Å². The Kier molecular flexibility index (Phi) is 5.91. The molecule has 0 atom stereocenters. The molecule has 0 unspecified atom stereocenters. The Bertz CT molecular complexity index is 781. The fraction of sp³-hybridized carbons (Fsp3) is 0.588. The largest absolute Gasteiger partial charge is 0.347 e. The molecule has 142 valence electrons. The van der Waals surface area contributed by atoms with Crippen LogP contribution in [0, 0.1) is 4.77 Å². The fourth-order valence-corrected chi connectivity index (χ4v) is 4.06. The molecule has 2 aromatic heterocycles. The summed E-state index contributed by atoms with van der Waals surface area (Å²) in [4.78, 5) is 20.5. The molecule has 0 aliphatic carbocycles. The standard InChI is InChI=1S/C17H26N6OS2/c1-17(2,3)19-14(24)11-21-6-8-22(9-7-21)12-23-16(25)18-15(20-23)13-5-4-10-26-13/h4-5,10H,6-9,11-12H2,1-3H3,(H,19,24)(H,18,20,25)/p+2. The van der Waals surface area contributed by atoms with Gasteiger partial charge in [-0.15, -0.1) is 11.3 Å². The van der Waals surface area contributed by atoms with Crippen LogP contribution in [-0.2, 0) is 11.5 Å². The molecule has 1 aliphatic heterocycles. The zero-order valence-corrected chi connectivity index (χ0v) is 17.2. The number of carbonyl (C=O) groups is 1. The molecular weight excluding hydrogens is 368 g/mol. The Balaban J connectivity index is 1.50. The molecule has 3 rings (SSSR count). The molecule has 7 nitrogen and oxygen atoms in total. The summed E-state index contributed by atoms with van der Waals surface area (Å²) in [6, 6.07) is 4.05. The molecule has 1 fully saturated rings. The number of amides is 1. The average molecular weight is 397 g/mol. The summed E-state index contributed by atoms with van der Waals surface area (Å²) in [5.74, 6) is 0.972. The summed E-state index contributed by atoms with van der Waals surface area (Å²) in [7, 11) is 0. The SMILES string of the molecule is CC(C)(C)NC(=O)C[NH+]1CC[NH+](Cn2[nH]c(-c3cccs3)nc2=S)CC1. The van der Waals surface area contributed by atoms with E-state index in [-0.39, 0.29) is 11.4 Å². The predicted molar refractivity (Wildman–Crippen MR) is 105 cm³/mol. The highest BCUT2D eigenvalue weighted by atomic mass is 32.1. The molecule has 26 heavy (non-hydrogen) atoms. The maximum Gasteiger partial charge on any atom is 0.275 e. The number of aromatic nitrogens is 3. The molecule has 1 amide bonds. The number of hydrogen-bond donors (Lipinski definition) is 4. The van der Waals surface area contributed by atoms with Crippen LogP contribution >= 0.6 is 23.6 Å². The molecule has 0 radical (unpaired) electrons. The summed E-state index contributed by atoms with van der Waals surface area (Å²) in [5.41, 5.74) is -0.166. The van der Waals surface area contributed by atoms with E-state index < -0.39 is 0 Å². The number of nitrogens with zero attached hydrogens (tertiary/aromatic N) is 2. The summed E-state index contributed by atoms with van der Waals surface area (Å²) in [5, 5.41) is 8.40. The summed E-state index contributed by atoms with van der Waals surface area (Å²) < 4.78 is 2.55. The predicted octanol–water partition coefficient (Wildman–Crippen LogP) is -0.675. The molecule has 4 N–H and O–H groups in total. The van der Waals surface area contributed by atoms with Crippen molar-refractivity contribution < 1.29 is 14.6 Å². The molecule has 1 aliphatic rings. The number of carbonyl (C=O) groups excluding carboxylic acids is 1. The van der Waals surface area contributed by atoms with E-state index in [1.54, 1.807) is 11.3 Å². The van der Waals surface area contributed by atoms with Gasteiger partial charge in [-0.2, -0.15) is 4.98 Å². The molecule has 0 spiro atoms. The number of rotatable bonds is 5. The molecule has 2 aromatic rings. The Labute approximate surface area is 163 Å². The number of aromatic amines is 1. The lowest BCUT2D eigenvalue weighted by atomic mass is 10.1. The van der Waals surface area contributed by atoms with Gasteiger partial charge in [-0.3, -0.25) is 9.89 Å². The fourth-order valence-electron chi connectivity index (χ4n) is 3.19. The van der Waals surface area contributed by atoms with Gasteiger partial charge in [0.15, 0.2) is 19.0 Å². The minimum absolute atomic E-state index is 0.132. The molecule has 0 bridgehead atoms. The van der Waals surface area contributed by atoms with Gasteiger partial charge >= 0.3 is 0 Å². The Morgan fingerprint density at radius 1 is 1.35 bits per heavy atom. The normalized spacial score (nSPS) is 20.9. The zero-order chi connectivity index (χ0) is 18.7. The third kappa shape index (κ3) is 5.23. The van der Waals surface area contributed by atoms with Crippen LogP contribution in [0.15, 0.2) is 17.5 Å². The number of thiophene rings is 1. The quantitative estimate of drug-likeness (QED) is 0.507. The first kappa shape index (κ1) is 19.2. The third-order valence-electron chi connectivity index (χ3n) is 4.40. The van der Waals surface area contributed by atoms with E-state index in [0.717, 1.165) is 43.5 Å². The first-order valence-electron chi connectivity index (χ1n) is 8.99. The molecule has 1 saturated heterocycles. The van der Waals surface area contributed by atoms with Crippen LogP contribution in [0.25, 0.3) is 10.7 Å². The van der Waals surface area contributed by atoms with Gasteiger partial charge in [0.05, 0.1) is 4.88 Å². The first-order chi connectivity index (χ1) is 12.3. The van der Waals surface area contributed by atoms with Crippen molar-refractivity contribution in [3.8, 4) is 10.7 Å². The van der Waals surface area contributed by atoms with Gasteiger partial charge in [0, 0.05) is 5.54 Å². The Morgan fingerprint density at radius 3 is 2.65 bits per heavy atom. The summed E-state index contributed by atoms with van der Waals surface area (Å²) in [6.07, 6.45) is 0. The number of hydrogen-bond acceptors (Lipinski definition) is 4. The van der Waals surface area contributed by atoms with Crippen LogP contribution in [0.1, 0.15) is 20.8 Å². The van der Waals surface area contributed by atoms with Crippen molar-refractivity contribution in [3.63, 3.8) is 0 Å². The minimum Gasteiger partial charge on any atom is -0.347 e. The van der Waals surface area contributed by atoms with Crippen LogP contribution in [0.4, 0.5) is 0 Å². The van der Waals surface area contributed by atoms with Gasteiger partial charge in [-0.05, 0) is 44.4 Å². The van der Waals surface area contributed by atoms with E-state index in [2.05, 4.69) is 15.4 Å². The minimum atomic E-state index is -0.166. The van der Waals surface area contributed by atoms with E-state index in [9.17, 15) is 4.79 Å². The highest BCUT2D eigenvalue weighted by Gasteiger charge is 2.26. The van der Waals surface area contributed by atoms with Crippen LogP contribution in [0.3, 0.4) is 0 Å².